The van der Waals surface area contributed by atoms with Gasteiger partial charge >= 0.3 is 18.0 Å². The quantitative estimate of drug-likeness (QED) is 0.591. The summed E-state index contributed by atoms with van der Waals surface area (Å²) in [5.74, 6) is -0.308. The zero-order valence-corrected chi connectivity index (χ0v) is 18.8. The summed E-state index contributed by atoms with van der Waals surface area (Å²) in [5, 5.41) is 5.62. The van der Waals surface area contributed by atoms with E-state index in [1.165, 1.54) is 0 Å². The number of benzene rings is 1. The van der Waals surface area contributed by atoms with Gasteiger partial charge in [0.25, 0.3) is 0 Å². The first kappa shape index (κ1) is 23.6. The zero-order chi connectivity index (χ0) is 23.1. The van der Waals surface area contributed by atoms with E-state index in [0.717, 1.165) is 19.4 Å². The van der Waals surface area contributed by atoms with E-state index >= 15 is 0 Å². The Morgan fingerprint density at radius 1 is 1.19 bits per heavy atom. The molecule has 0 aliphatic carbocycles. The number of rotatable bonds is 8. The first-order valence-corrected chi connectivity index (χ1v) is 11.0. The average molecular weight is 446 g/mol. The van der Waals surface area contributed by atoms with E-state index in [0.29, 0.717) is 42.3 Å². The van der Waals surface area contributed by atoms with Gasteiger partial charge in [-0.3, -0.25) is 9.69 Å². The summed E-state index contributed by atoms with van der Waals surface area (Å²) in [4.78, 5) is 39.7. The van der Waals surface area contributed by atoms with Gasteiger partial charge in [-0.15, -0.1) is 0 Å². The molecule has 2 heterocycles. The fourth-order valence-corrected chi connectivity index (χ4v) is 4.14. The number of methoxy groups -OCH3 is 1. The van der Waals surface area contributed by atoms with Gasteiger partial charge in [-0.25, -0.2) is 9.59 Å². The third-order valence-electron chi connectivity index (χ3n) is 5.58. The van der Waals surface area contributed by atoms with Crippen molar-refractivity contribution in [1.82, 2.24) is 15.5 Å². The fourth-order valence-electron chi connectivity index (χ4n) is 4.14. The number of nitrogens with one attached hydrogen (secondary N) is 2. The highest BCUT2D eigenvalue weighted by molar-refractivity contribution is 5.95. The van der Waals surface area contributed by atoms with Gasteiger partial charge in [-0.1, -0.05) is 12.1 Å². The van der Waals surface area contributed by atoms with Crippen molar-refractivity contribution >= 4 is 18.0 Å². The lowest BCUT2D eigenvalue weighted by molar-refractivity contribution is -0.150. The van der Waals surface area contributed by atoms with Crippen molar-refractivity contribution in [3.63, 3.8) is 0 Å². The van der Waals surface area contributed by atoms with Crippen LogP contribution in [0, 0.1) is 5.92 Å². The standard InChI is InChI=1S/C23H31N3O6/c1-4-31-21(27)16-9-7-11-26(13-16)14-18-19(22(28)32-5-2)20(25-23(29)24-18)15-8-6-10-17(12-15)30-3/h6,8,10,12,16,20H,4-5,7,9,11,13-14H2,1-3H3,(H2,24,25,29)/t16-,20-/m0/s1. The molecule has 2 N–H and O–H groups in total. The maximum Gasteiger partial charge on any atom is 0.338 e. The predicted molar refractivity (Wildman–Crippen MR) is 117 cm³/mol. The van der Waals surface area contributed by atoms with Crippen molar-refractivity contribution in [3.05, 3.63) is 41.1 Å². The number of hydrogen-bond donors (Lipinski definition) is 2. The molecule has 1 aromatic carbocycles. The van der Waals surface area contributed by atoms with Crippen LogP contribution >= 0.6 is 0 Å². The van der Waals surface area contributed by atoms with Gasteiger partial charge in [0.15, 0.2) is 0 Å². The summed E-state index contributed by atoms with van der Waals surface area (Å²) in [6.45, 7) is 5.66. The number of hydrogen-bond acceptors (Lipinski definition) is 7. The second-order valence-corrected chi connectivity index (χ2v) is 7.75. The number of esters is 2. The highest BCUT2D eigenvalue weighted by atomic mass is 16.5. The highest BCUT2D eigenvalue weighted by Gasteiger charge is 2.35. The van der Waals surface area contributed by atoms with Crippen molar-refractivity contribution < 1.29 is 28.6 Å². The van der Waals surface area contributed by atoms with E-state index < -0.39 is 18.0 Å². The van der Waals surface area contributed by atoms with E-state index in [4.69, 9.17) is 14.2 Å². The van der Waals surface area contributed by atoms with E-state index in [-0.39, 0.29) is 18.5 Å². The maximum atomic E-state index is 13.0. The summed E-state index contributed by atoms with van der Waals surface area (Å²) in [7, 11) is 1.56. The van der Waals surface area contributed by atoms with Gasteiger partial charge in [0, 0.05) is 18.8 Å². The molecular formula is C23H31N3O6. The Morgan fingerprint density at radius 2 is 1.97 bits per heavy atom. The molecule has 1 saturated heterocycles. The molecule has 2 aliphatic rings. The minimum atomic E-state index is -0.682. The number of piperidine rings is 1. The van der Waals surface area contributed by atoms with Crippen LogP contribution in [0.2, 0.25) is 0 Å². The van der Waals surface area contributed by atoms with Crippen molar-refractivity contribution in [1.29, 1.82) is 0 Å². The molecule has 9 heteroatoms. The second-order valence-electron chi connectivity index (χ2n) is 7.75. The molecule has 0 unspecified atom stereocenters. The molecule has 3 rings (SSSR count). The van der Waals surface area contributed by atoms with Crippen LogP contribution in [0.5, 0.6) is 5.75 Å². The van der Waals surface area contributed by atoms with Crippen LogP contribution in [0.3, 0.4) is 0 Å². The lowest BCUT2D eigenvalue weighted by Crippen LogP contribution is -2.50. The first-order valence-electron chi connectivity index (χ1n) is 11.0. The maximum absolute atomic E-state index is 13.0. The minimum absolute atomic E-state index is 0.208. The summed E-state index contributed by atoms with van der Waals surface area (Å²) in [6.07, 6.45) is 1.59. The second kappa shape index (κ2) is 11.0. The van der Waals surface area contributed by atoms with E-state index in [1.54, 1.807) is 39.2 Å². The molecule has 0 bridgehead atoms. The van der Waals surface area contributed by atoms with Crippen LogP contribution in [-0.4, -0.2) is 62.8 Å². The van der Waals surface area contributed by atoms with Gasteiger partial charge in [0.1, 0.15) is 5.75 Å². The Hall–Kier alpha value is -3.07. The Bertz CT molecular complexity index is 884. The Kier molecular flexibility index (Phi) is 8.10. The van der Waals surface area contributed by atoms with E-state index in [1.807, 2.05) is 6.07 Å². The monoisotopic (exact) mass is 445 g/mol. The van der Waals surface area contributed by atoms with Crippen molar-refractivity contribution in [3.8, 4) is 5.75 Å². The van der Waals surface area contributed by atoms with Crippen LogP contribution < -0.4 is 15.4 Å². The van der Waals surface area contributed by atoms with Crippen LogP contribution in [0.25, 0.3) is 0 Å². The number of nitrogens with zero attached hydrogens (tertiary/aromatic N) is 1. The highest BCUT2D eigenvalue weighted by Crippen LogP contribution is 2.30. The number of likely N-dealkylation sites (tertiary alicyclic amines) is 1. The van der Waals surface area contributed by atoms with E-state index in [2.05, 4.69) is 15.5 Å². The number of amides is 2. The van der Waals surface area contributed by atoms with Crippen LogP contribution in [-0.2, 0) is 19.1 Å². The van der Waals surface area contributed by atoms with Crippen LogP contribution in [0.15, 0.2) is 35.5 Å². The molecule has 2 amide bonds. The van der Waals surface area contributed by atoms with Crippen molar-refractivity contribution in [2.24, 2.45) is 5.92 Å². The molecule has 2 aliphatic heterocycles. The molecule has 1 fully saturated rings. The largest absolute Gasteiger partial charge is 0.497 e. The summed E-state index contributed by atoms with van der Waals surface area (Å²) in [6, 6.07) is 6.13. The van der Waals surface area contributed by atoms with Gasteiger partial charge in [-0.2, -0.15) is 0 Å². The topological polar surface area (TPSA) is 106 Å². The van der Waals surface area contributed by atoms with Gasteiger partial charge in [-0.05, 0) is 50.9 Å². The molecule has 1 aromatic rings. The molecule has 32 heavy (non-hydrogen) atoms. The summed E-state index contributed by atoms with van der Waals surface area (Å²) < 4.78 is 15.8. The number of ether oxygens (including phenoxy) is 3. The van der Waals surface area contributed by atoms with Crippen molar-refractivity contribution in [2.45, 2.75) is 32.7 Å². The normalized spacial score (nSPS) is 21.4. The van der Waals surface area contributed by atoms with Crippen LogP contribution in [0.1, 0.15) is 38.3 Å². The molecule has 0 radical (unpaired) electrons. The number of urea groups is 1. The van der Waals surface area contributed by atoms with Crippen LogP contribution in [0.4, 0.5) is 4.79 Å². The van der Waals surface area contributed by atoms with E-state index in [9.17, 15) is 14.4 Å². The minimum Gasteiger partial charge on any atom is -0.497 e. The van der Waals surface area contributed by atoms with Gasteiger partial charge in [0.2, 0.25) is 0 Å². The zero-order valence-electron chi connectivity index (χ0n) is 18.8. The number of carbonyl (C=O) groups is 3. The third kappa shape index (κ3) is 5.59. The average Bonchev–Trinajstić information content (AvgIpc) is 2.79. The third-order valence-corrected chi connectivity index (χ3v) is 5.58. The molecule has 0 aromatic heterocycles. The first-order chi connectivity index (χ1) is 15.5. The predicted octanol–water partition coefficient (Wildman–Crippen LogP) is 2.14. The lowest BCUT2D eigenvalue weighted by atomic mass is 9.93. The van der Waals surface area contributed by atoms with Gasteiger partial charge < -0.3 is 24.8 Å². The fraction of sp³-hybridized carbons (Fsp3) is 0.522. The summed E-state index contributed by atoms with van der Waals surface area (Å²) >= 11 is 0. The smallest absolute Gasteiger partial charge is 0.338 e. The molecule has 174 valence electrons. The molecule has 0 saturated carbocycles. The SMILES string of the molecule is CCOC(=O)C1=C(CN2CCC[C@H](C(=O)OCC)C2)NC(=O)N[C@H]1c1cccc(OC)c1. The molecule has 9 nitrogen and oxygen atoms in total. The Morgan fingerprint density at radius 3 is 2.69 bits per heavy atom. The molecule has 2 atom stereocenters. The molecule has 0 spiro atoms. The summed E-state index contributed by atoms with van der Waals surface area (Å²) in [5.41, 5.74) is 1.53. The lowest BCUT2D eigenvalue weighted by Gasteiger charge is -2.35. The Balaban J connectivity index is 1.92. The van der Waals surface area contributed by atoms with Gasteiger partial charge in [0.05, 0.1) is 37.9 Å². The van der Waals surface area contributed by atoms with Crippen molar-refractivity contribution in [2.75, 3.05) is 40.0 Å². The molecular weight excluding hydrogens is 414 g/mol. The number of carbonyl (C=O) groups excluding carboxylic acids is 3. The Labute approximate surface area is 188 Å².